The van der Waals surface area contributed by atoms with E-state index in [2.05, 4.69) is 33.2 Å². The van der Waals surface area contributed by atoms with Crippen molar-refractivity contribution in [2.75, 3.05) is 0 Å². The van der Waals surface area contributed by atoms with Gasteiger partial charge in [0.25, 0.3) is 0 Å². The molecule has 2 aromatic rings. The lowest BCUT2D eigenvalue weighted by atomic mass is 10.3. The summed E-state index contributed by atoms with van der Waals surface area (Å²) in [4.78, 5) is 4.29. The van der Waals surface area contributed by atoms with E-state index in [1.807, 2.05) is 42.5 Å². The summed E-state index contributed by atoms with van der Waals surface area (Å²) in [7, 11) is 0. The number of ether oxygens (including phenoxy) is 1. The van der Waals surface area contributed by atoms with Gasteiger partial charge in [-0.1, -0.05) is 28.6 Å². The molecule has 0 spiro atoms. The third-order valence-corrected chi connectivity index (χ3v) is 2.56. The van der Waals surface area contributed by atoms with E-state index in [1.54, 1.807) is 6.08 Å². The largest absolute Gasteiger partial charge is 0.439 e. The molecule has 0 fully saturated rings. The molecule has 0 aliphatic carbocycles. The Bertz CT molecular complexity index is 557. The standard InChI is InChI=1S/C14H10BrNO/c1-2-4-12-5-3-6-14(16-12)17-13-9-7-11(15)8-10-13/h3-10H,1H2. The summed E-state index contributed by atoms with van der Waals surface area (Å²) in [5, 5.41) is 0. The van der Waals surface area contributed by atoms with Gasteiger partial charge in [-0.15, -0.1) is 5.73 Å². The first-order chi connectivity index (χ1) is 8.28. The smallest absolute Gasteiger partial charge is 0.219 e. The lowest BCUT2D eigenvalue weighted by Crippen LogP contribution is -1.88. The number of hydrogen-bond donors (Lipinski definition) is 0. The molecule has 0 aliphatic heterocycles. The Morgan fingerprint density at radius 1 is 1.18 bits per heavy atom. The average molecular weight is 288 g/mol. The lowest BCUT2D eigenvalue weighted by Gasteiger charge is -2.04. The molecular formula is C14H10BrNO. The Morgan fingerprint density at radius 2 is 1.94 bits per heavy atom. The van der Waals surface area contributed by atoms with Crippen molar-refractivity contribution >= 4 is 22.0 Å². The fourth-order valence-electron chi connectivity index (χ4n) is 1.30. The van der Waals surface area contributed by atoms with Gasteiger partial charge in [-0.2, -0.15) is 0 Å². The summed E-state index contributed by atoms with van der Waals surface area (Å²) < 4.78 is 6.64. The van der Waals surface area contributed by atoms with E-state index in [-0.39, 0.29) is 0 Å². The van der Waals surface area contributed by atoms with Crippen molar-refractivity contribution in [1.29, 1.82) is 0 Å². The van der Waals surface area contributed by atoms with Crippen LogP contribution in [0, 0.1) is 0 Å². The monoisotopic (exact) mass is 287 g/mol. The second-order valence-electron chi connectivity index (χ2n) is 3.31. The first-order valence-corrected chi connectivity index (χ1v) is 5.83. The first-order valence-electron chi connectivity index (χ1n) is 5.04. The Kier molecular flexibility index (Phi) is 3.76. The maximum absolute atomic E-state index is 5.62. The summed E-state index contributed by atoms with van der Waals surface area (Å²) >= 11 is 3.37. The minimum absolute atomic E-state index is 0.552. The highest BCUT2D eigenvalue weighted by molar-refractivity contribution is 9.10. The van der Waals surface area contributed by atoms with E-state index < -0.39 is 0 Å². The maximum Gasteiger partial charge on any atom is 0.219 e. The van der Waals surface area contributed by atoms with Crippen LogP contribution in [-0.4, -0.2) is 4.98 Å². The number of pyridine rings is 1. The number of rotatable bonds is 3. The van der Waals surface area contributed by atoms with Gasteiger partial charge in [-0.05, 0) is 30.3 Å². The maximum atomic E-state index is 5.62. The molecule has 0 atom stereocenters. The summed E-state index contributed by atoms with van der Waals surface area (Å²) in [5.74, 6) is 1.30. The highest BCUT2D eigenvalue weighted by Gasteiger charge is 1.99. The zero-order valence-electron chi connectivity index (χ0n) is 9.06. The van der Waals surface area contributed by atoms with Gasteiger partial charge in [-0.3, -0.25) is 0 Å². The fourth-order valence-corrected chi connectivity index (χ4v) is 1.56. The van der Waals surface area contributed by atoms with Crippen LogP contribution < -0.4 is 4.74 Å². The molecule has 1 heterocycles. The third kappa shape index (κ3) is 3.31. The van der Waals surface area contributed by atoms with Crippen LogP contribution in [0.2, 0.25) is 0 Å². The summed E-state index contributed by atoms with van der Waals surface area (Å²) in [5.41, 5.74) is 3.46. The first kappa shape index (κ1) is 11.6. The molecule has 0 bridgehead atoms. The highest BCUT2D eigenvalue weighted by Crippen LogP contribution is 2.21. The zero-order valence-corrected chi connectivity index (χ0v) is 10.6. The van der Waals surface area contributed by atoms with E-state index in [1.165, 1.54) is 0 Å². The third-order valence-electron chi connectivity index (χ3n) is 2.03. The molecule has 3 heteroatoms. The lowest BCUT2D eigenvalue weighted by molar-refractivity contribution is 0.462. The van der Waals surface area contributed by atoms with Gasteiger partial charge in [0, 0.05) is 16.6 Å². The van der Waals surface area contributed by atoms with Gasteiger partial charge in [0.2, 0.25) is 5.88 Å². The number of aromatic nitrogens is 1. The molecule has 0 saturated carbocycles. The van der Waals surface area contributed by atoms with E-state index in [9.17, 15) is 0 Å². The van der Waals surface area contributed by atoms with Gasteiger partial charge in [0.15, 0.2) is 0 Å². The normalized spacial score (nSPS) is 9.47. The molecule has 0 radical (unpaired) electrons. The summed E-state index contributed by atoms with van der Waals surface area (Å²) in [6.45, 7) is 3.51. The van der Waals surface area contributed by atoms with Crippen LogP contribution in [0.3, 0.4) is 0 Å². The van der Waals surface area contributed by atoms with Crippen LogP contribution in [0.1, 0.15) is 5.69 Å². The quantitative estimate of drug-likeness (QED) is 0.779. The minimum Gasteiger partial charge on any atom is -0.439 e. The molecule has 1 aromatic heterocycles. The summed E-state index contributed by atoms with van der Waals surface area (Å²) in [6, 6.07) is 13.1. The van der Waals surface area contributed by atoms with Gasteiger partial charge in [0.05, 0.1) is 5.69 Å². The molecule has 2 nitrogen and oxygen atoms in total. The molecule has 84 valence electrons. The highest BCUT2D eigenvalue weighted by atomic mass is 79.9. The number of nitrogens with zero attached hydrogens (tertiary/aromatic N) is 1. The van der Waals surface area contributed by atoms with Crippen molar-refractivity contribution in [1.82, 2.24) is 4.98 Å². The second-order valence-corrected chi connectivity index (χ2v) is 4.22. The van der Waals surface area contributed by atoms with Crippen molar-refractivity contribution in [3.63, 3.8) is 0 Å². The Morgan fingerprint density at radius 3 is 2.65 bits per heavy atom. The number of hydrogen-bond acceptors (Lipinski definition) is 2. The topological polar surface area (TPSA) is 22.1 Å². The molecule has 0 aliphatic rings. The van der Waals surface area contributed by atoms with Crippen LogP contribution in [0.4, 0.5) is 0 Å². The Balaban J connectivity index is 2.20. The van der Waals surface area contributed by atoms with Crippen LogP contribution >= 0.6 is 15.9 Å². The molecule has 0 amide bonds. The minimum atomic E-state index is 0.552. The summed E-state index contributed by atoms with van der Waals surface area (Å²) in [6.07, 6.45) is 1.70. The van der Waals surface area contributed by atoms with Crippen LogP contribution in [0.15, 0.2) is 59.2 Å². The number of benzene rings is 1. The van der Waals surface area contributed by atoms with Gasteiger partial charge in [-0.25, -0.2) is 4.98 Å². The van der Waals surface area contributed by atoms with Crippen molar-refractivity contribution < 1.29 is 4.74 Å². The molecule has 0 unspecified atom stereocenters. The van der Waals surface area contributed by atoms with Gasteiger partial charge < -0.3 is 4.74 Å². The van der Waals surface area contributed by atoms with Crippen molar-refractivity contribution in [2.24, 2.45) is 0 Å². The van der Waals surface area contributed by atoms with Crippen molar-refractivity contribution in [3.05, 3.63) is 64.9 Å². The SMILES string of the molecule is C=C=Cc1cccc(Oc2ccc(Br)cc2)n1. The zero-order chi connectivity index (χ0) is 12.1. The average Bonchev–Trinajstić information content (AvgIpc) is 2.33. The van der Waals surface area contributed by atoms with E-state index in [0.29, 0.717) is 5.88 Å². The van der Waals surface area contributed by atoms with Crippen LogP contribution in [0.25, 0.3) is 6.08 Å². The molecular weight excluding hydrogens is 278 g/mol. The Labute approximate surface area is 108 Å². The van der Waals surface area contributed by atoms with Crippen LogP contribution in [-0.2, 0) is 0 Å². The molecule has 0 saturated heterocycles. The molecule has 0 N–H and O–H groups in total. The van der Waals surface area contributed by atoms with E-state index in [0.717, 1.165) is 15.9 Å². The van der Waals surface area contributed by atoms with E-state index >= 15 is 0 Å². The van der Waals surface area contributed by atoms with Gasteiger partial charge >= 0.3 is 0 Å². The number of halogens is 1. The van der Waals surface area contributed by atoms with E-state index in [4.69, 9.17) is 4.74 Å². The fraction of sp³-hybridized carbons (Fsp3) is 0. The molecule has 17 heavy (non-hydrogen) atoms. The predicted octanol–water partition coefficient (Wildman–Crippen LogP) is 4.43. The van der Waals surface area contributed by atoms with Gasteiger partial charge in [0.1, 0.15) is 5.75 Å². The van der Waals surface area contributed by atoms with Crippen molar-refractivity contribution in [3.8, 4) is 11.6 Å². The molecule has 1 aromatic carbocycles. The Hall–Kier alpha value is -1.83. The van der Waals surface area contributed by atoms with Crippen molar-refractivity contribution in [2.45, 2.75) is 0 Å². The second kappa shape index (κ2) is 5.48. The van der Waals surface area contributed by atoms with Crippen LogP contribution in [0.5, 0.6) is 11.6 Å². The molecule has 2 rings (SSSR count). The predicted molar refractivity (Wildman–Crippen MR) is 72.1 cm³/mol.